The van der Waals surface area contributed by atoms with E-state index in [9.17, 15) is 4.79 Å². The van der Waals surface area contributed by atoms with Gasteiger partial charge in [-0.2, -0.15) is 0 Å². The largest absolute Gasteiger partial charge is 0.361 e. The van der Waals surface area contributed by atoms with Gasteiger partial charge in [-0.05, 0) is 38.8 Å². The summed E-state index contributed by atoms with van der Waals surface area (Å²) in [7, 11) is 0. The van der Waals surface area contributed by atoms with E-state index in [1.807, 2.05) is 30.9 Å². The summed E-state index contributed by atoms with van der Waals surface area (Å²) < 4.78 is 6.50. The van der Waals surface area contributed by atoms with Gasteiger partial charge in [-0.1, -0.05) is 28.6 Å². The maximum Gasteiger partial charge on any atom is 0.228 e. The third-order valence-electron chi connectivity index (χ3n) is 5.86. The fourth-order valence-corrected chi connectivity index (χ4v) is 5.28. The molecule has 0 saturated carbocycles. The predicted octanol–water partition coefficient (Wildman–Crippen LogP) is 3.53. The van der Waals surface area contributed by atoms with E-state index in [0.717, 1.165) is 53.6 Å². The van der Waals surface area contributed by atoms with Gasteiger partial charge in [-0.3, -0.25) is 4.79 Å². The molecule has 2 aromatic heterocycles. The van der Waals surface area contributed by atoms with Crippen LogP contribution in [-0.2, 0) is 11.3 Å². The molecule has 6 nitrogen and oxygen atoms in total. The quantitative estimate of drug-likeness (QED) is 0.693. The van der Waals surface area contributed by atoms with Crippen molar-refractivity contribution in [1.82, 2.24) is 15.0 Å². The lowest BCUT2D eigenvalue weighted by Crippen LogP contribution is -2.47. The fraction of sp³-hybridized carbons (Fsp3) is 0.450. The van der Waals surface area contributed by atoms with Crippen molar-refractivity contribution >= 4 is 32.6 Å². The van der Waals surface area contributed by atoms with E-state index in [1.54, 1.807) is 11.3 Å². The number of nitrogens with zero attached hydrogens (tertiary/aromatic N) is 4. The lowest BCUT2D eigenvalue weighted by atomic mass is 9.93. The molecule has 5 heterocycles. The van der Waals surface area contributed by atoms with Crippen molar-refractivity contribution < 1.29 is 9.32 Å². The Morgan fingerprint density at radius 3 is 2.85 bits per heavy atom. The number of rotatable bonds is 3. The first kappa shape index (κ1) is 16.7. The minimum Gasteiger partial charge on any atom is -0.361 e. The van der Waals surface area contributed by atoms with Crippen LogP contribution in [0.5, 0.6) is 0 Å². The number of aryl methyl sites for hydroxylation is 2. The van der Waals surface area contributed by atoms with E-state index in [2.05, 4.69) is 22.2 Å². The van der Waals surface area contributed by atoms with Crippen molar-refractivity contribution in [2.75, 3.05) is 18.0 Å². The Hall–Kier alpha value is -2.41. The van der Waals surface area contributed by atoms with Gasteiger partial charge < -0.3 is 14.3 Å². The number of benzene rings is 1. The van der Waals surface area contributed by atoms with E-state index in [-0.39, 0.29) is 17.9 Å². The van der Waals surface area contributed by atoms with E-state index in [0.29, 0.717) is 6.54 Å². The summed E-state index contributed by atoms with van der Waals surface area (Å²) in [6.07, 6.45) is 2.00. The molecular formula is C20H22N4O2S. The minimum absolute atomic E-state index is 0.0382. The zero-order chi connectivity index (χ0) is 18.5. The van der Waals surface area contributed by atoms with Gasteiger partial charge in [0.15, 0.2) is 5.13 Å². The average molecular weight is 382 g/mol. The normalized spacial score (nSPS) is 22.7. The van der Waals surface area contributed by atoms with Crippen LogP contribution in [0.1, 0.15) is 29.9 Å². The van der Waals surface area contributed by atoms with Crippen LogP contribution < -0.4 is 4.90 Å². The maximum atomic E-state index is 13.1. The van der Waals surface area contributed by atoms with E-state index in [1.165, 1.54) is 4.70 Å². The number of piperidine rings is 1. The number of fused-ring (bicyclic) bond motifs is 5. The van der Waals surface area contributed by atoms with E-state index in [4.69, 9.17) is 9.51 Å². The zero-order valence-electron chi connectivity index (χ0n) is 15.5. The zero-order valence-corrected chi connectivity index (χ0v) is 16.3. The van der Waals surface area contributed by atoms with Crippen LogP contribution in [0.25, 0.3) is 10.2 Å². The summed E-state index contributed by atoms with van der Waals surface area (Å²) in [4.78, 5) is 22.3. The van der Waals surface area contributed by atoms with E-state index >= 15 is 0 Å². The predicted molar refractivity (Wildman–Crippen MR) is 105 cm³/mol. The Morgan fingerprint density at radius 2 is 2.07 bits per heavy atom. The molecule has 3 saturated heterocycles. The summed E-state index contributed by atoms with van der Waals surface area (Å²) in [5, 5.41) is 5.08. The first-order valence-electron chi connectivity index (χ1n) is 9.43. The summed E-state index contributed by atoms with van der Waals surface area (Å²) in [6.45, 7) is 6.05. The molecule has 0 N–H and O–H groups in total. The monoisotopic (exact) mass is 382 g/mol. The number of carbonyl (C=O) groups excluding carboxylic acids is 1. The van der Waals surface area contributed by atoms with Gasteiger partial charge in [0.25, 0.3) is 0 Å². The number of thiazole rings is 1. The third kappa shape index (κ3) is 2.81. The van der Waals surface area contributed by atoms with Crippen molar-refractivity contribution in [2.45, 2.75) is 39.3 Å². The maximum absolute atomic E-state index is 13.1. The van der Waals surface area contributed by atoms with Crippen LogP contribution in [0, 0.1) is 19.8 Å². The third-order valence-corrected chi connectivity index (χ3v) is 6.95. The molecule has 3 aliphatic rings. The second-order valence-electron chi connectivity index (χ2n) is 7.57. The number of amides is 1. The molecule has 0 spiro atoms. The number of aromatic nitrogens is 2. The molecule has 6 rings (SSSR count). The van der Waals surface area contributed by atoms with Gasteiger partial charge in [-0.25, -0.2) is 4.98 Å². The number of para-hydroxylation sites is 1. The van der Waals surface area contributed by atoms with Gasteiger partial charge in [0.1, 0.15) is 5.76 Å². The van der Waals surface area contributed by atoms with Crippen LogP contribution in [-0.4, -0.2) is 40.1 Å². The molecule has 27 heavy (non-hydrogen) atoms. The smallest absolute Gasteiger partial charge is 0.228 e. The molecular weight excluding hydrogens is 360 g/mol. The number of carbonyl (C=O) groups is 1. The summed E-state index contributed by atoms with van der Waals surface area (Å²) in [5.41, 5.74) is 2.96. The van der Waals surface area contributed by atoms with Crippen molar-refractivity contribution in [3.05, 3.63) is 41.3 Å². The first-order chi connectivity index (χ1) is 13.1. The highest BCUT2D eigenvalue weighted by atomic mass is 32.1. The molecule has 2 atom stereocenters. The molecule has 0 aliphatic carbocycles. The summed E-state index contributed by atoms with van der Waals surface area (Å²) in [6, 6.07) is 8.43. The molecule has 2 bridgehead atoms. The van der Waals surface area contributed by atoms with Gasteiger partial charge in [0, 0.05) is 24.7 Å². The van der Waals surface area contributed by atoms with Gasteiger partial charge in [-0.15, -0.1) is 0 Å². The molecule has 3 fully saturated rings. The second-order valence-corrected chi connectivity index (χ2v) is 8.58. The Bertz CT molecular complexity index is 958. The molecule has 0 unspecified atom stereocenters. The molecule has 3 aromatic rings. The number of anilines is 1. The Labute approximate surface area is 161 Å². The first-order valence-corrected chi connectivity index (χ1v) is 10.2. The van der Waals surface area contributed by atoms with Crippen molar-refractivity contribution in [2.24, 2.45) is 5.92 Å². The lowest BCUT2D eigenvalue weighted by molar-refractivity contribution is -0.140. The SMILES string of the molecule is Cc1noc(C)c1CN1C(=O)[C@H]2CC[C@@H]1CN(c1nc3ccccc3s1)C2. The highest BCUT2D eigenvalue weighted by Crippen LogP contribution is 2.36. The summed E-state index contributed by atoms with van der Waals surface area (Å²) in [5.74, 6) is 1.11. The lowest BCUT2D eigenvalue weighted by Gasteiger charge is -2.35. The van der Waals surface area contributed by atoms with E-state index < -0.39 is 0 Å². The molecule has 0 radical (unpaired) electrons. The van der Waals surface area contributed by atoms with Crippen molar-refractivity contribution in [3.63, 3.8) is 0 Å². The highest BCUT2D eigenvalue weighted by Gasteiger charge is 2.41. The number of hydrogen-bond donors (Lipinski definition) is 0. The highest BCUT2D eigenvalue weighted by molar-refractivity contribution is 7.22. The van der Waals surface area contributed by atoms with Crippen LogP contribution in [0.3, 0.4) is 0 Å². The molecule has 7 heteroatoms. The molecule has 3 aliphatic heterocycles. The van der Waals surface area contributed by atoms with Gasteiger partial charge in [0.05, 0.1) is 28.4 Å². The number of hydrogen-bond acceptors (Lipinski definition) is 6. The van der Waals surface area contributed by atoms with Crippen molar-refractivity contribution in [1.29, 1.82) is 0 Å². The van der Waals surface area contributed by atoms with Crippen LogP contribution in [0.2, 0.25) is 0 Å². The van der Waals surface area contributed by atoms with Crippen LogP contribution in [0.15, 0.2) is 28.8 Å². The Morgan fingerprint density at radius 1 is 1.22 bits per heavy atom. The standard InChI is InChI=1S/C20H22N4O2S/c1-12-16(13(2)26-22-12)11-24-15-8-7-14(19(24)25)9-23(10-15)20-21-17-5-3-4-6-18(17)27-20/h3-6,14-15H,7-11H2,1-2H3/t14-,15+/m0/s1. The fourth-order valence-electron chi connectivity index (χ4n) is 4.30. The van der Waals surface area contributed by atoms with Crippen molar-refractivity contribution in [3.8, 4) is 0 Å². The van der Waals surface area contributed by atoms with Gasteiger partial charge >= 0.3 is 0 Å². The molecule has 140 valence electrons. The molecule has 1 aromatic carbocycles. The summed E-state index contributed by atoms with van der Waals surface area (Å²) >= 11 is 1.72. The Balaban J connectivity index is 1.44. The second kappa shape index (κ2) is 6.34. The minimum atomic E-state index is 0.0382. The van der Waals surface area contributed by atoms with Gasteiger partial charge in [0.2, 0.25) is 5.91 Å². The Kier molecular flexibility index (Phi) is 3.93. The molecule has 1 amide bonds. The topological polar surface area (TPSA) is 62.5 Å². The van der Waals surface area contributed by atoms with Crippen LogP contribution in [0.4, 0.5) is 5.13 Å². The van der Waals surface area contributed by atoms with Crippen LogP contribution >= 0.6 is 11.3 Å². The average Bonchev–Trinajstić information content (AvgIpc) is 3.11.